The Morgan fingerprint density at radius 1 is 1.12 bits per heavy atom. The van der Waals surface area contributed by atoms with Crippen molar-refractivity contribution in [3.05, 3.63) is 57.6 Å². The molecule has 2 N–H and O–H groups in total. The fraction of sp³-hybridized carbons (Fsp3) is 0.364. The minimum Gasteiger partial charge on any atom is -0.493 e. The van der Waals surface area contributed by atoms with E-state index in [9.17, 15) is 24.8 Å². The Bertz CT molecular complexity index is 999. The van der Waals surface area contributed by atoms with E-state index in [-0.39, 0.29) is 35.5 Å². The number of hydrogen-bond acceptors (Lipinski definition) is 7. The molecular formula is C22H25N3O7. The van der Waals surface area contributed by atoms with Gasteiger partial charge in [0, 0.05) is 24.8 Å². The molecule has 0 unspecified atom stereocenters. The van der Waals surface area contributed by atoms with Gasteiger partial charge in [-0.3, -0.25) is 19.7 Å². The van der Waals surface area contributed by atoms with Gasteiger partial charge >= 0.3 is 0 Å². The van der Waals surface area contributed by atoms with E-state index in [0.29, 0.717) is 31.6 Å². The highest BCUT2D eigenvalue weighted by Gasteiger charge is 2.25. The van der Waals surface area contributed by atoms with Crippen LogP contribution in [0.5, 0.6) is 11.5 Å². The number of rotatable bonds is 7. The van der Waals surface area contributed by atoms with Crippen LogP contribution in [0.1, 0.15) is 28.8 Å². The Hall–Kier alpha value is -3.66. The number of likely N-dealkylation sites (tertiary alicyclic amines) is 1. The van der Waals surface area contributed by atoms with Crippen LogP contribution in [-0.2, 0) is 11.2 Å². The second kappa shape index (κ2) is 10.1. The highest BCUT2D eigenvalue weighted by atomic mass is 16.6. The van der Waals surface area contributed by atoms with E-state index in [1.807, 2.05) is 0 Å². The number of nitro groups is 1. The zero-order valence-corrected chi connectivity index (χ0v) is 17.9. The number of hydrogen-bond donors (Lipinski definition) is 2. The number of aliphatic hydroxyl groups is 1. The Morgan fingerprint density at radius 3 is 2.28 bits per heavy atom. The summed E-state index contributed by atoms with van der Waals surface area (Å²) in [6, 6.07) is 9.10. The normalized spacial score (nSPS) is 14.0. The third kappa shape index (κ3) is 5.33. The summed E-state index contributed by atoms with van der Waals surface area (Å²) in [7, 11) is 2.72. The van der Waals surface area contributed by atoms with E-state index in [1.54, 1.807) is 29.2 Å². The highest BCUT2D eigenvalue weighted by Crippen LogP contribution is 2.34. The van der Waals surface area contributed by atoms with E-state index in [4.69, 9.17) is 9.47 Å². The smallest absolute Gasteiger partial charge is 0.286 e. The Labute approximate surface area is 184 Å². The molecule has 3 rings (SSSR count). The van der Waals surface area contributed by atoms with Crippen LogP contribution >= 0.6 is 0 Å². The molecule has 2 amide bonds. The average molecular weight is 443 g/mol. The number of nitro benzene ring substituents is 1. The highest BCUT2D eigenvalue weighted by molar-refractivity contribution is 6.07. The molecule has 1 heterocycles. The number of ether oxygens (including phenoxy) is 2. The largest absolute Gasteiger partial charge is 0.493 e. The van der Waals surface area contributed by atoms with Gasteiger partial charge in [-0.2, -0.15) is 0 Å². The van der Waals surface area contributed by atoms with E-state index in [2.05, 4.69) is 5.32 Å². The molecule has 0 radical (unpaired) electrons. The van der Waals surface area contributed by atoms with Gasteiger partial charge in [-0.15, -0.1) is 0 Å². The minimum atomic E-state index is -0.673. The molecule has 0 spiro atoms. The Morgan fingerprint density at radius 2 is 1.72 bits per heavy atom. The number of piperidine rings is 1. The van der Waals surface area contributed by atoms with Gasteiger partial charge in [-0.25, -0.2) is 0 Å². The maximum Gasteiger partial charge on any atom is 0.286 e. The first-order valence-corrected chi connectivity index (χ1v) is 10.1. The summed E-state index contributed by atoms with van der Waals surface area (Å²) in [5.41, 5.74) is 0.626. The lowest BCUT2D eigenvalue weighted by molar-refractivity contribution is -0.385. The monoisotopic (exact) mass is 443 g/mol. The standard InChI is InChI=1S/C22H25N3O7/c1-31-19-12-17(18(25(29)30)13-20(19)32-2)22(28)23-15-5-3-14(4-6-15)11-21(27)24-9-7-16(26)8-10-24/h3-6,12-13,16,26H,7-11H2,1-2H3,(H,23,28). The molecule has 0 saturated carbocycles. The first kappa shape index (κ1) is 23.0. The number of nitrogens with zero attached hydrogens (tertiary/aromatic N) is 2. The number of methoxy groups -OCH3 is 2. The van der Waals surface area contributed by atoms with Gasteiger partial charge < -0.3 is 24.8 Å². The number of benzene rings is 2. The Kier molecular flexibility index (Phi) is 7.26. The number of aliphatic hydroxyl groups excluding tert-OH is 1. The van der Waals surface area contributed by atoms with Crippen molar-refractivity contribution >= 4 is 23.2 Å². The second-order valence-corrected chi connectivity index (χ2v) is 7.42. The van der Waals surface area contributed by atoms with Crippen LogP contribution in [0.15, 0.2) is 36.4 Å². The van der Waals surface area contributed by atoms with Gasteiger partial charge in [0.2, 0.25) is 5.91 Å². The van der Waals surface area contributed by atoms with Crippen LogP contribution in [-0.4, -0.2) is 60.2 Å². The lowest BCUT2D eigenvalue weighted by Gasteiger charge is -2.29. The third-order valence-corrected chi connectivity index (χ3v) is 5.33. The third-order valence-electron chi connectivity index (χ3n) is 5.33. The van der Waals surface area contributed by atoms with Gasteiger partial charge in [-0.1, -0.05) is 12.1 Å². The predicted molar refractivity (Wildman–Crippen MR) is 116 cm³/mol. The van der Waals surface area contributed by atoms with Crippen molar-refractivity contribution in [2.45, 2.75) is 25.4 Å². The van der Waals surface area contributed by atoms with Crippen molar-refractivity contribution in [1.29, 1.82) is 0 Å². The fourth-order valence-corrected chi connectivity index (χ4v) is 3.51. The Balaban J connectivity index is 1.69. The molecule has 170 valence electrons. The fourth-order valence-electron chi connectivity index (χ4n) is 3.51. The zero-order valence-electron chi connectivity index (χ0n) is 17.9. The summed E-state index contributed by atoms with van der Waals surface area (Å²) >= 11 is 0. The number of amides is 2. The summed E-state index contributed by atoms with van der Waals surface area (Å²) in [4.78, 5) is 37.6. The van der Waals surface area contributed by atoms with Crippen molar-refractivity contribution in [2.24, 2.45) is 0 Å². The SMILES string of the molecule is COc1cc(C(=O)Nc2ccc(CC(=O)N3CCC(O)CC3)cc2)c([N+](=O)[O-])cc1OC. The van der Waals surface area contributed by atoms with Crippen LogP contribution in [0.4, 0.5) is 11.4 Å². The van der Waals surface area contributed by atoms with Gasteiger partial charge in [0.05, 0.1) is 37.7 Å². The van der Waals surface area contributed by atoms with Crippen molar-refractivity contribution < 1.29 is 29.1 Å². The molecule has 32 heavy (non-hydrogen) atoms. The molecule has 10 heteroatoms. The molecule has 1 aliphatic rings. The molecule has 0 aromatic heterocycles. The first-order valence-electron chi connectivity index (χ1n) is 10.1. The lowest BCUT2D eigenvalue weighted by Crippen LogP contribution is -2.40. The van der Waals surface area contributed by atoms with Crippen LogP contribution in [0.25, 0.3) is 0 Å². The van der Waals surface area contributed by atoms with Crippen LogP contribution < -0.4 is 14.8 Å². The second-order valence-electron chi connectivity index (χ2n) is 7.42. The maximum atomic E-state index is 12.7. The van der Waals surface area contributed by atoms with E-state index in [0.717, 1.165) is 11.6 Å². The molecule has 0 aliphatic carbocycles. The van der Waals surface area contributed by atoms with E-state index >= 15 is 0 Å². The van der Waals surface area contributed by atoms with E-state index < -0.39 is 16.5 Å². The summed E-state index contributed by atoms with van der Waals surface area (Å²) in [5.74, 6) is -0.349. The number of carbonyl (C=O) groups is 2. The quantitative estimate of drug-likeness (QED) is 0.496. The number of carbonyl (C=O) groups excluding carboxylic acids is 2. The van der Waals surface area contributed by atoms with Crippen molar-refractivity contribution in [3.8, 4) is 11.5 Å². The number of anilines is 1. The number of nitrogens with one attached hydrogen (secondary N) is 1. The molecule has 10 nitrogen and oxygen atoms in total. The summed E-state index contributed by atoms with van der Waals surface area (Å²) in [6.45, 7) is 1.08. The average Bonchev–Trinajstić information content (AvgIpc) is 2.79. The topological polar surface area (TPSA) is 131 Å². The van der Waals surface area contributed by atoms with Gasteiger partial charge in [0.15, 0.2) is 11.5 Å². The zero-order chi connectivity index (χ0) is 23.3. The summed E-state index contributed by atoms with van der Waals surface area (Å²) in [6.07, 6.45) is 1.03. The van der Waals surface area contributed by atoms with Crippen molar-refractivity contribution in [2.75, 3.05) is 32.6 Å². The first-order chi connectivity index (χ1) is 15.3. The van der Waals surface area contributed by atoms with Crippen LogP contribution in [0, 0.1) is 10.1 Å². The molecule has 1 saturated heterocycles. The summed E-state index contributed by atoms with van der Waals surface area (Å²) in [5, 5.41) is 23.6. The molecular weight excluding hydrogens is 418 g/mol. The molecule has 2 aromatic rings. The minimum absolute atomic E-state index is 0.0189. The molecule has 2 aromatic carbocycles. The lowest BCUT2D eigenvalue weighted by atomic mass is 10.1. The van der Waals surface area contributed by atoms with Gasteiger partial charge in [0.25, 0.3) is 11.6 Å². The molecule has 1 fully saturated rings. The van der Waals surface area contributed by atoms with Crippen LogP contribution in [0.3, 0.4) is 0 Å². The van der Waals surface area contributed by atoms with Gasteiger partial charge in [0.1, 0.15) is 5.56 Å². The molecule has 1 aliphatic heterocycles. The maximum absolute atomic E-state index is 12.7. The summed E-state index contributed by atoms with van der Waals surface area (Å²) < 4.78 is 10.2. The van der Waals surface area contributed by atoms with Crippen LogP contribution in [0.2, 0.25) is 0 Å². The predicted octanol–water partition coefficient (Wildman–Crippen LogP) is 2.39. The molecule has 0 atom stereocenters. The van der Waals surface area contributed by atoms with Crippen molar-refractivity contribution in [1.82, 2.24) is 4.90 Å². The van der Waals surface area contributed by atoms with E-state index in [1.165, 1.54) is 20.3 Å². The molecule has 0 bridgehead atoms. The van der Waals surface area contributed by atoms with Gasteiger partial charge in [-0.05, 0) is 30.5 Å². The van der Waals surface area contributed by atoms with Crippen molar-refractivity contribution in [3.63, 3.8) is 0 Å².